The van der Waals surface area contributed by atoms with Crippen LogP contribution < -0.4 is 11.1 Å². The number of anilines is 1. The Morgan fingerprint density at radius 3 is 2.89 bits per heavy atom. The number of amides is 1. The number of nitrogen functional groups attached to an aromatic ring is 1. The molecule has 3 heteroatoms. The van der Waals surface area contributed by atoms with Gasteiger partial charge in [-0.2, -0.15) is 0 Å². The molecule has 1 saturated carbocycles. The van der Waals surface area contributed by atoms with E-state index in [9.17, 15) is 4.79 Å². The van der Waals surface area contributed by atoms with Crippen molar-refractivity contribution in [2.24, 2.45) is 5.41 Å². The summed E-state index contributed by atoms with van der Waals surface area (Å²) in [5.41, 5.74) is 7.63. The Bertz CT molecular complexity index is 454. The van der Waals surface area contributed by atoms with Crippen molar-refractivity contribution in [1.82, 2.24) is 5.32 Å². The van der Waals surface area contributed by atoms with E-state index in [0.717, 1.165) is 12.0 Å². The number of hydrogen-bond donors (Lipinski definition) is 2. The largest absolute Gasteiger partial charge is 0.399 e. The van der Waals surface area contributed by atoms with Crippen molar-refractivity contribution in [2.45, 2.75) is 52.0 Å². The lowest BCUT2D eigenvalue weighted by molar-refractivity contribution is -0.122. The van der Waals surface area contributed by atoms with E-state index >= 15 is 0 Å². The van der Waals surface area contributed by atoms with Crippen LogP contribution in [0.15, 0.2) is 24.3 Å². The summed E-state index contributed by atoms with van der Waals surface area (Å²) in [6.07, 6.45) is 5.19. The molecule has 0 bridgehead atoms. The van der Waals surface area contributed by atoms with Gasteiger partial charge in [0.1, 0.15) is 0 Å². The van der Waals surface area contributed by atoms with Crippen molar-refractivity contribution < 1.29 is 4.79 Å². The molecule has 1 atom stereocenters. The molecule has 0 spiro atoms. The normalized spacial score (nSPS) is 21.9. The van der Waals surface area contributed by atoms with Gasteiger partial charge in [-0.3, -0.25) is 4.79 Å². The number of nitrogens with two attached hydrogens (primary N) is 1. The third-order valence-corrected chi connectivity index (χ3v) is 4.16. The van der Waals surface area contributed by atoms with E-state index in [2.05, 4.69) is 19.2 Å². The predicted molar refractivity (Wildman–Crippen MR) is 78.7 cm³/mol. The maximum Gasteiger partial charge on any atom is 0.224 e. The molecule has 1 amide bonds. The number of rotatable bonds is 3. The summed E-state index contributed by atoms with van der Waals surface area (Å²) in [7, 11) is 0. The molecule has 19 heavy (non-hydrogen) atoms. The molecule has 1 aliphatic carbocycles. The number of benzene rings is 1. The zero-order valence-corrected chi connectivity index (χ0v) is 11.9. The minimum Gasteiger partial charge on any atom is -0.399 e. The highest BCUT2D eigenvalue weighted by Crippen LogP contribution is 2.35. The zero-order valence-electron chi connectivity index (χ0n) is 11.9. The van der Waals surface area contributed by atoms with Crippen LogP contribution >= 0.6 is 0 Å². The Balaban J connectivity index is 1.94. The third-order valence-electron chi connectivity index (χ3n) is 4.16. The van der Waals surface area contributed by atoms with Gasteiger partial charge in [0.15, 0.2) is 0 Å². The molecule has 0 radical (unpaired) electrons. The lowest BCUT2D eigenvalue weighted by atomic mass is 9.73. The Labute approximate surface area is 115 Å². The van der Waals surface area contributed by atoms with Crippen LogP contribution in [-0.4, -0.2) is 11.9 Å². The van der Waals surface area contributed by atoms with Gasteiger partial charge in [-0.05, 0) is 36.0 Å². The molecular formula is C16H24N2O. The first-order chi connectivity index (χ1) is 8.97. The summed E-state index contributed by atoms with van der Waals surface area (Å²) in [5.74, 6) is 0.102. The lowest BCUT2D eigenvalue weighted by Crippen LogP contribution is -2.47. The first-order valence-electron chi connectivity index (χ1n) is 7.11. The summed E-state index contributed by atoms with van der Waals surface area (Å²) in [6, 6.07) is 7.84. The second-order valence-electron chi connectivity index (χ2n) is 6.28. The zero-order chi connectivity index (χ0) is 13.9. The second-order valence-corrected chi connectivity index (χ2v) is 6.28. The minimum absolute atomic E-state index is 0.102. The van der Waals surface area contributed by atoms with Crippen molar-refractivity contribution in [1.29, 1.82) is 0 Å². The Morgan fingerprint density at radius 2 is 2.21 bits per heavy atom. The third kappa shape index (κ3) is 3.72. The monoisotopic (exact) mass is 260 g/mol. The van der Waals surface area contributed by atoms with Crippen LogP contribution in [0.5, 0.6) is 0 Å². The smallest absolute Gasteiger partial charge is 0.224 e. The number of carbonyl (C=O) groups excluding carboxylic acids is 1. The lowest BCUT2D eigenvalue weighted by Gasteiger charge is -2.39. The van der Waals surface area contributed by atoms with Gasteiger partial charge in [-0.25, -0.2) is 0 Å². The van der Waals surface area contributed by atoms with Crippen LogP contribution in [0.3, 0.4) is 0 Å². The number of nitrogens with one attached hydrogen (secondary N) is 1. The van der Waals surface area contributed by atoms with E-state index < -0.39 is 0 Å². The van der Waals surface area contributed by atoms with Gasteiger partial charge < -0.3 is 11.1 Å². The second kappa shape index (κ2) is 5.64. The molecule has 1 fully saturated rings. The molecule has 0 aromatic heterocycles. The van der Waals surface area contributed by atoms with Crippen LogP contribution in [-0.2, 0) is 11.2 Å². The molecule has 3 N–H and O–H groups in total. The SMILES string of the molecule is CC1(C)CCCCC1NC(=O)Cc1cccc(N)c1. The van der Waals surface area contributed by atoms with E-state index in [1.807, 2.05) is 24.3 Å². The fourth-order valence-electron chi connectivity index (χ4n) is 2.90. The summed E-state index contributed by atoms with van der Waals surface area (Å²) in [4.78, 5) is 12.1. The van der Waals surface area contributed by atoms with Crippen molar-refractivity contribution in [3.05, 3.63) is 29.8 Å². The molecule has 1 aromatic carbocycles. The van der Waals surface area contributed by atoms with E-state index in [0.29, 0.717) is 18.2 Å². The average Bonchev–Trinajstić information content (AvgIpc) is 2.32. The van der Waals surface area contributed by atoms with Gasteiger partial charge >= 0.3 is 0 Å². The van der Waals surface area contributed by atoms with Crippen LogP contribution in [0.2, 0.25) is 0 Å². The summed E-state index contributed by atoms with van der Waals surface area (Å²) < 4.78 is 0. The van der Waals surface area contributed by atoms with Crippen molar-refractivity contribution >= 4 is 11.6 Å². The Kier molecular flexibility index (Phi) is 4.13. The summed E-state index contributed by atoms with van der Waals surface area (Å²) in [6.45, 7) is 4.50. The maximum absolute atomic E-state index is 12.1. The van der Waals surface area contributed by atoms with Gasteiger partial charge in [0, 0.05) is 11.7 Å². The van der Waals surface area contributed by atoms with Crippen LogP contribution in [0, 0.1) is 5.41 Å². The molecule has 1 aromatic rings. The van der Waals surface area contributed by atoms with Gasteiger partial charge in [0.05, 0.1) is 6.42 Å². The maximum atomic E-state index is 12.1. The highest BCUT2D eigenvalue weighted by atomic mass is 16.1. The molecule has 2 rings (SSSR count). The van der Waals surface area contributed by atoms with Crippen molar-refractivity contribution in [3.63, 3.8) is 0 Å². The van der Waals surface area contributed by atoms with Crippen LogP contribution in [0.25, 0.3) is 0 Å². The summed E-state index contributed by atoms with van der Waals surface area (Å²) >= 11 is 0. The molecule has 0 heterocycles. The van der Waals surface area contributed by atoms with Gasteiger partial charge in [-0.15, -0.1) is 0 Å². The first kappa shape index (κ1) is 13.9. The van der Waals surface area contributed by atoms with Crippen molar-refractivity contribution in [2.75, 3.05) is 5.73 Å². The minimum atomic E-state index is 0.102. The molecule has 1 aliphatic rings. The van der Waals surface area contributed by atoms with E-state index in [1.165, 1.54) is 19.3 Å². The van der Waals surface area contributed by atoms with E-state index in [1.54, 1.807) is 0 Å². The van der Waals surface area contributed by atoms with Gasteiger partial charge in [-0.1, -0.05) is 38.8 Å². The average molecular weight is 260 g/mol. The molecule has 0 saturated heterocycles. The molecule has 1 unspecified atom stereocenters. The first-order valence-corrected chi connectivity index (χ1v) is 7.11. The fraction of sp³-hybridized carbons (Fsp3) is 0.562. The highest BCUT2D eigenvalue weighted by Gasteiger charge is 2.32. The van der Waals surface area contributed by atoms with Gasteiger partial charge in [0.2, 0.25) is 5.91 Å². The molecule has 104 valence electrons. The highest BCUT2D eigenvalue weighted by molar-refractivity contribution is 5.79. The summed E-state index contributed by atoms with van der Waals surface area (Å²) in [5, 5.41) is 3.20. The quantitative estimate of drug-likeness (QED) is 0.821. The Hall–Kier alpha value is -1.51. The fourth-order valence-corrected chi connectivity index (χ4v) is 2.90. The number of hydrogen-bond acceptors (Lipinski definition) is 2. The van der Waals surface area contributed by atoms with Gasteiger partial charge in [0.25, 0.3) is 0 Å². The standard InChI is InChI=1S/C16H24N2O/c1-16(2)9-4-3-8-14(16)18-15(19)11-12-6-5-7-13(17)10-12/h5-7,10,14H,3-4,8-9,11,17H2,1-2H3,(H,18,19). The van der Waals surface area contributed by atoms with E-state index in [-0.39, 0.29) is 11.3 Å². The molecule has 0 aliphatic heterocycles. The topological polar surface area (TPSA) is 55.1 Å². The van der Waals surface area contributed by atoms with Crippen LogP contribution in [0.1, 0.15) is 45.1 Å². The van der Waals surface area contributed by atoms with Crippen LogP contribution in [0.4, 0.5) is 5.69 Å². The Morgan fingerprint density at radius 1 is 1.42 bits per heavy atom. The number of carbonyl (C=O) groups is 1. The molecule has 3 nitrogen and oxygen atoms in total. The molecular weight excluding hydrogens is 236 g/mol. The van der Waals surface area contributed by atoms with E-state index in [4.69, 9.17) is 5.73 Å². The predicted octanol–water partition coefficient (Wildman–Crippen LogP) is 2.90. The van der Waals surface area contributed by atoms with Crippen molar-refractivity contribution in [3.8, 4) is 0 Å².